The lowest BCUT2D eigenvalue weighted by Gasteiger charge is -2.29. The van der Waals surface area contributed by atoms with Gasteiger partial charge in [-0.05, 0) is 6.42 Å². The summed E-state index contributed by atoms with van der Waals surface area (Å²) in [5.74, 6) is -10.9. The van der Waals surface area contributed by atoms with Gasteiger partial charge in [0.2, 0.25) is 6.93 Å². The summed E-state index contributed by atoms with van der Waals surface area (Å²) in [4.78, 5) is 0. The third kappa shape index (κ3) is 15.5. The summed E-state index contributed by atoms with van der Waals surface area (Å²) in [5.41, 5.74) is 0. The second kappa shape index (κ2) is 10.9. The molecule has 0 unspecified atom stereocenters. The Morgan fingerprint density at radius 2 is 1.14 bits per heavy atom. The van der Waals surface area contributed by atoms with Crippen LogP contribution in [0.1, 0.15) is 13.3 Å². The third-order valence-corrected chi connectivity index (χ3v) is 1.78. The summed E-state index contributed by atoms with van der Waals surface area (Å²) in [6.45, 7) is -5.10. The SMILES string of the molecule is CCC(C(F)(F)CF)C(F)(F)CF.FCF.O=S(=O)([O-])F. The Morgan fingerprint density at radius 3 is 1.24 bits per heavy atom. The molecular weight excluding hydrogens is 347 g/mol. The summed E-state index contributed by atoms with van der Waals surface area (Å²) in [7, 11) is -5.42. The van der Waals surface area contributed by atoms with Crippen molar-refractivity contribution in [3.8, 4) is 0 Å². The van der Waals surface area contributed by atoms with Crippen molar-refractivity contribution in [2.75, 3.05) is 20.3 Å². The molecule has 0 saturated heterocycles. The van der Waals surface area contributed by atoms with Gasteiger partial charge < -0.3 is 4.55 Å². The molecule has 0 aliphatic heterocycles. The maximum absolute atomic E-state index is 12.5. The van der Waals surface area contributed by atoms with Crippen LogP contribution in [0, 0.1) is 5.92 Å². The molecule has 0 aliphatic rings. The van der Waals surface area contributed by atoms with E-state index in [9.17, 15) is 39.0 Å². The lowest BCUT2D eigenvalue weighted by Crippen LogP contribution is -2.44. The Morgan fingerprint density at radius 1 is 0.952 bits per heavy atom. The van der Waals surface area contributed by atoms with Crippen molar-refractivity contribution < 1.29 is 52.0 Å². The maximum Gasteiger partial charge on any atom is 0.284 e. The molecule has 0 radical (unpaired) electrons. The fourth-order valence-corrected chi connectivity index (χ4v) is 1.09. The van der Waals surface area contributed by atoms with E-state index >= 15 is 0 Å². The number of halogens is 9. The standard InChI is InChI=1S/C7H10F6.CH2F2.FHO3S/c1-2-5(6(10,11)3-8)7(12,13)4-9;2-1-3;1-5(2,3)4/h5H,2-4H2,1H3;1H2;(H,2,3,4)/p-1. The van der Waals surface area contributed by atoms with Crippen LogP contribution in [0.15, 0.2) is 0 Å². The van der Waals surface area contributed by atoms with E-state index < -0.39 is 55.0 Å². The first kappa shape index (κ1) is 25.2. The van der Waals surface area contributed by atoms with Gasteiger partial charge >= 0.3 is 0 Å². The molecule has 0 amide bonds. The first-order valence-corrected chi connectivity index (χ1v) is 6.19. The van der Waals surface area contributed by atoms with Crippen molar-refractivity contribution in [3.63, 3.8) is 0 Å². The van der Waals surface area contributed by atoms with E-state index in [0.717, 1.165) is 6.92 Å². The Labute approximate surface area is 115 Å². The zero-order valence-electron chi connectivity index (χ0n) is 10.4. The van der Waals surface area contributed by atoms with Crippen LogP contribution >= 0.6 is 0 Å². The lowest BCUT2D eigenvalue weighted by molar-refractivity contribution is -0.186. The van der Waals surface area contributed by atoms with Crippen molar-refractivity contribution in [3.05, 3.63) is 0 Å². The molecule has 0 aromatic carbocycles. The van der Waals surface area contributed by atoms with Crippen LogP contribution in [0.2, 0.25) is 0 Å². The van der Waals surface area contributed by atoms with Gasteiger partial charge in [-0.1, -0.05) is 6.92 Å². The van der Waals surface area contributed by atoms with Crippen molar-refractivity contribution in [1.82, 2.24) is 0 Å². The minimum Gasteiger partial charge on any atom is -0.722 e. The minimum absolute atomic E-state index is 0.673. The molecule has 0 fully saturated rings. The topological polar surface area (TPSA) is 57.2 Å². The van der Waals surface area contributed by atoms with Crippen molar-refractivity contribution in [2.24, 2.45) is 5.92 Å². The molecule has 0 aliphatic carbocycles. The second-order valence-corrected chi connectivity index (χ2v) is 4.03. The van der Waals surface area contributed by atoms with Gasteiger partial charge in [0.05, 0.1) is 5.92 Å². The van der Waals surface area contributed by atoms with E-state index in [0.29, 0.717) is 0 Å². The van der Waals surface area contributed by atoms with Crippen molar-refractivity contribution >= 4 is 10.5 Å². The summed E-state index contributed by atoms with van der Waals surface area (Å²) in [6.07, 6.45) is -0.673. The Kier molecular flexibility index (Phi) is 13.1. The zero-order valence-corrected chi connectivity index (χ0v) is 11.3. The maximum atomic E-state index is 12.5. The first-order chi connectivity index (χ1) is 9.23. The van der Waals surface area contributed by atoms with Crippen LogP contribution in [0.5, 0.6) is 0 Å². The molecule has 0 N–H and O–H groups in total. The normalized spacial score (nSPS) is 12.2. The van der Waals surface area contributed by atoms with Crippen LogP contribution < -0.4 is 0 Å². The minimum atomic E-state index is -5.42. The molecule has 13 heteroatoms. The molecule has 21 heavy (non-hydrogen) atoms. The number of hydrogen-bond donors (Lipinski definition) is 0. The zero-order chi connectivity index (χ0) is 17.9. The monoisotopic (exact) mass is 359 g/mol. The Bertz CT molecular complexity index is 323. The van der Waals surface area contributed by atoms with Gasteiger partial charge in [-0.25, -0.2) is 43.5 Å². The van der Waals surface area contributed by atoms with Crippen molar-refractivity contribution in [1.29, 1.82) is 0 Å². The molecular formula is C8H12F9O3S-. The molecule has 0 atom stereocenters. The molecule has 132 valence electrons. The quantitative estimate of drug-likeness (QED) is 0.429. The first-order valence-electron chi connectivity index (χ1n) is 4.88. The van der Waals surface area contributed by atoms with Crippen molar-refractivity contribution in [2.45, 2.75) is 25.2 Å². The molecule has 0 saturated carbocycles. The lowest BCUT2D eigenvalue weighted by atomic mass is 9.92. The molecule has 0 heterocycles. The average Bonchev–Trinajstić information content (AvgIpc) is 2.28. The Balaban J connectivity index is -0.000000335. The summed E-state index contributed by atoms with van der Waals surface area (Å²) >= 11 is 0. The summed E-state index contributed by atoms with van der Waals surface area (Å²) in [5, 5.41) is 0. The second-order valence-electron chi connectivity index (χ2n) is 3.24. The summed E-state index contributed by atoms with van der Waals surface area (Å²) < 4.78 is 128. The van der Waals surface area contributed by atoms with E-state index in [-0.39, 0.29) is 0 Å². The highest BCUT2D eigenvalue weighted by atomic mass is 32.3. The van der Waals surface area contributed by atoms with Crippen LogP contribution in [-0.4, -0.2) is 45.1 Å². The molecule has 0 spiro atoms. The van der Waals surface area contributed by atoms with Gasteiger partial charge in [0.1, 0.15) is 0 Å². The predicted molar refractivity (Wildman–Crippen MR) is 53.5 cm³/mol. The van der Waals surface area contributed by atoms with Gasteiger partial charge in [0, 0.05) is 0 Å². The van der Waals surface area contributed by atoms with Crippen LogP contribution in [0.3, 0.4) is 0 Å². The van der Waals surface area contributed by atoms with E-state index in [2.05, 4.69) is 0 Å². The highest BCUT2D eigenvalue weighted by Gasteiger charge is 2.53. The number of alkyl halides is 8. The Hall–Kier alpha value is -0.720. The highest BCUT2D eigenvalue weighted by molar-refractivity contribution is 7.80. The van der Waals surface area contributed by atoms with Crippen LogP contribution in [0.4, 0.5) is 39.0 Å². The smallest absolute Gasteiger partial charge is 0.284 e. The van der Waals surface area contributed by atoms with E-state index in [1.807, 2.05) is 0 Å². The highest BCUT2D eigenvalue weighted by Crippen LogP contribution is 2.39. The van der Waals surface area contributed by atoms with E-state index in [1.165, 1.54) is 0 Å². The predicted octanol–water partition coefficient (Wildman–Crippen LogP) is 3.52. The number of hydrogen-bond acceptors (Lipinski definition) is 3. The van der Waals surface area contributed by atoms with Crippen LogP contribution in [-0.2, 0) is 10.5 Å². The summed E-state index contributed by atoms with van der Waals surface area (Å²) in [6, 6.07) is 0. The van der Waals surface area contributed by atoms with Gasteiger partial charge in [-0.3, -0.25) is 0 Å². The molecule has 0 aromatic heterocycles. The van der Waals surface area contributed by atoms with Gasteiger partial charge in [-0.2, -0.15) is 0 Å². The van der Waals surface area contributed by atoms with Gasteiger partial charge in [0.15, 0.2) is 13.3 Å². The van der Waals surface area contributed by atoms with E-state index in [1.54, 1.807) is 0 Å². The van der Waals surface area contributed by atoms with Gasteiger partial charge in [-0.15, -0.1) is 3.89 Å². The van der Waals surface area contributed by atoms with Crippen LogP contribution in [0.25, 0.3) is 0 Å². The third-order valence-electron chi connectivity index (χ3n) is 1.78. The molecule has 0 rings (SSSR count). The van der Waals surface area contributed by atoms with E-state index in [4.69, 9.17) is 13.0 Å². The molecule has 0 aromatic rings. The number of rotatable bonds is 5. The molecule has 0 bridgehead atoms. The van der Waals surface area contributed by atoms with Gasteiger partial charge in [0.25, 0.3) is 22.3 Å². The fourth-order valence-electron chi connectivity index (χ4n) is 1.09. The molecule has 3 nitrogen and oxygen atoms in total. The fraction of sp³-hybridized carbons (Fsp3) is 1.00. The largest absolute Gasteiger partial charge is 0.722 e. The average molecular weight is 359 g/mol.